The van der Waals surface area contributed by atoms with Gasteiger partial charge in [-0.3, -0.25) is 9.69 Å². The van der Waals surface area contributed by atoms with Crippen LogP contribution in [0.2, 0.25) is 0 Å². The molecule has 0 atom stereocenters. The number of rotatable bonds is 3. The van der Waals surface area contributed by atoms with Crippen LogP contribution in [0.3, 0.4) is 0 Å². The SMILES string of the molecule is CN1C(=O)N(CC[N+](C)(C)C)C(=O)C1(C)C. The van der Waals surface area contributed by atoms with E-state index in [0.29, 0.717) is 6.54 Å². The molecule has 1 saturated heterocycles. The molecule has 0 bridgehead atoms. The van der Waals surface area contributed by atoms with E-state index in [1.807, 2.05) is 21.1 Å². The fraction of sp³-hybridized carbons (Fsp3) is 0.818. The number of hydrogen-bond donors (Lipinski definition) is 0. The van der Waals surface area contributed by atoms with Gasteiger partial charge in [-0.1, -0.05) is 0 Å². The maximum atomic E-state index is 12.0. The van der Waals surface area contributed by atoms with Crippen LogP contribution in [0.15, 0.2) is 0 Å². The van der Waals surface area contributed by atoms with Crippen molar-refractivity contribution in [3.05, 3.63) is 0 Å². The lowest BCUT2D eigenvalue weighted by Gasteiger charge is -2.26. The maximum Gasteiger partial charge on any atom is 0.327 e. The van der Waals surface area contributed by atoms with Crippen LogP contribution in [0.1, 0.15) is 13.8 Å². The van der Waals surface area contributed by atoms with Gasteiger partial charge in [0, 0.05) is 7.05 Å². The van der Waals surface area contributed by atoms with Crippen molar-refractivity contribution in [1.82, 2.24) is 9.80 Å². The summed E-state index contributed by atoms with van der Waals surface area (Å²) in [7, 11) is 7.80. The van der Waals surface area contributed by atoms with Crippen molar-refractivity contribution in [3.8, 4) is 0 Å². The standard InChI is InChI=1S/C11H22N3O2/c1-11(2)9(15)13(10(16)12(11)3)7-8-14(4,5)6/h7-8H2,1-6H3/q+1. The quantitative estimate of drug-likeness (QED) is 0.517. The van der Waals surface area contributed by atoms with E-state index in [4.69, 9.17) is 0 Å². The molecule has 0 unspecified atom stereocenters. The van der Waals surface area contributed by atoms with Crippen molar-refractivity contribution in [3.63, 3.8) is 0 Å². The summed E-state index contributed by atoms with van der Waals surface area (Å²) in [5, 5.41) is 0. The molecule has 92 valence electrons. The molecule has 5 nitrogen and oxygen atoms in total. The first-order chi connectivity index (χ1) is 7.07. The number of carbonyl (C=O) groups is 2. The van der Waals surface area contributed by atoms with Crippen molar-refractivity contribution in [1.29, 1.82) is 0 Å². The molecule has 0 aromatic carbocycles. The summed E-state index contributed by atoms with van der Waals surface area (Å²) in [6.07, 6.45) is 0. The van der Waals surface area contributed by atoms with E-state index >= 15 is 0 Å². The van der Waals surface area contributed by atoms with E-state index in [9.17, 15) is 9.59 Å². The number of likely N-dealkylation sites (N-methyl/N-ethyl adjacent to an activating group) is 2. The Morgan fingerprint density at radius 2 is 1.69 bits per heavy atom. The maximum absolute atomic E-state index is 12.0. The molecular weight excluding hydrogens is 206 g/mol. The highest BCUT2D eigenvalue weighted by atomic mass is 16.2. The highest BCUT2D eigenvalue weighted by Crippen LogP contribution is 2.25. The normalized spacial score (nSPS) is 20.9. The first-order valence-electron chi connectivity index (χ1n) is 5.47. The molecule has 3 amide bonds. The summed E-state index contributed by atoms with van der Waals surface area (Å²) in [4.78, 5) is 26.7. The van der Waals surface area contributed by atoms with E-state index in [1.165, 1.54) is 9.80 Å². The average molecular weight is 228 g/mol. The molecule has 0 aromatic heterocycles. The van der Waals surface area contributed by atoms with Crippen LogP contribution in [0.5, 0.6) is 0 Å². The van der Waals surface area contributed by atoms with Crippen molar-refractivity contribution in [2.75, 3.05) is 41.3 Å². The average Bonchev–Trinajstić information content (AvgIpc) is 2.26. The summed E-state index contributed by atoms with van der Waals surface area (Å²) in [5.74, 6) is -0.103. The molecule has 1 fully saturated rings. The van der Waals surface area contributed by atoms with E-state index < -0.39 is 5.54 Å². The Hall–Kier alpha value is -1.10. The van der Waals surface area contributed by atoms with Gasteiger partial charge < -0.3 is 9.38 Å². The van der Waals surface area contributed by atoms with Crippen molar-refractivity contribution < 1.29 is 14.1 Å². The lowest BCUT2D eigenvalue weighted by molar-refractivity contribution is -0.869. The Morgan fingerprint density at radius 1 is 1.19 bits per heavy atom. The van der Waals surface area contributed by atoms with Crippen LogP contribution >= 0.6 is 0 Å². The Bertz CT molecular complexity index is 318. The first-order valence-corrected chi connectivity index (χ1v) is 5.47. The van der Waals surface area contributed by atoms with Crippen LogP contribution in [-0.4, -0.2) is 73.0 Å². The molecule has 1 rings (SSSR count). The van der Waals surface area contributed by atoms with Gasteiger partial charge in [0.05, 0.1) is 34.2 Å². The number of carbonyl (C=O) groups excluding carboxylic acids is 2. The van der Waals surface area contributed by atoms with Gasteiger partial charge >= 0.3 is 6.03 Å². The summed E-state index contributed by atoms with van der Waals surface area (Å²) < 4.78 is 0.737. The van der Waals surface area contributed by atoms with Gasteiger partial charge in [-0.15, -0.1) is 0 Å². The largest absolute Gasteiger partial charge is 0.329 e. The molecule has 1 aliphatic rings. The van der Waals surface area contributed by atoms with Gasteiger partial charge in [0.15, 0.2) is 0 Å². The number of urea groups is 1. The smallest absolute Gasteiger partial charge is 0.327 e. The zero-order valence-electron chi connectivity index (χ0n) is 11.1. The van der Waals surface area contributed by atoms with Gasteiger partial charge in [-0.2, -0.15) is 0 Å². The van der Waals surface area contributed by atoms with Crippen molar-refractivity contribution in [2.45, 2.75) is 19.4 Å². The minimum Gasteiger partial charge on any atom is -0.329 e. The van der Waals surface area contributed by atoms with Crippen LogP contribution in [-0.2, 0) is 4.79 Å². The topological polar surface area (TPSA) is 40.6 Å². The van der Waals surface area contributed by atoms with Gasteiger partial charge in [0.1, 0.15) is 5.54 Å². The molecule has 0 aromatic rings. The van der Waals surface area contributed by atoms with Crippen molar-refractivity contribution >= 4 is 11.9 Å². The van der Waals surface area contributed by atoms with Crippen LogP contribution in [0.25, 0.3) is 0 Å². The summed E-state index contributed by atoms with van der Waals surface area (Å²) >= 11 is 0. The number of imide groups is 1. The molecule has 0 spiro atoms. The highest BCUT2D eigenvalue weighted by Gasteiger charge is 2.49. The van der Waals surface area contributed by atoms with E-state index in [2.05, 4.69) is 0 Å². The Morgan fingerprint density at radius 3 is 2.00 bits per heavy atom. The Balaban J connectivity index is 2.77. The molecule has 0 radical (unpaired) electrons. The predicted molar refractivity (Wildman–Crippen MR) is 61.9 cm³/mol. The minimum absolute atomic E-state index is 0.103. The van der Waals surface area contributed by atoms with Crippen molar-refractivity contribution in [2.24, 2.45) is 0 Å². The predicted octanol–water partition coefficient (Wildman–Crippen LogP) is 0.365. The zero-order valence-corrected chi connectivity index (χ0v) is 11.1. The lowest BCUT2D eigenvalue weighted by atomic mass is 10.1. The number of hydrogen-bond acceptors (Lipinski definition) is 2. The van der Waals surface area contributed by atoms with Gasteiger partial charge in [0.25, 0.3) is 5.91 Å². The molecule has 0 aliphatic carbocycles. The monoisotopic (exact) mass is 228 g/mol. The molecule has 1 heterocycles. The summed E-state index contributed by atoms with van der Waals surface area (Å²) in [6.45, 7) is 4.80. The van der Waals surface area contributed by atoms with Gasteiger partial charge in [-0.25, -0.2) is 4.79 Å². The molecular formula is C11H22N3O2+. The van der Waals surface area contributed by atoms with E-state index in [1.54, 1.807) is 20.9 Å². The zero-order chi connectivity index (χ0) is 12.7. The fourth-order valence-corrected chi connectivity index (χ4v) is 1.58. The molecule has 1 aliphatic heterocycles. The second-order valence-corrected chi connectivity index (χ2v) is 5.87. The van der Waals surface area contributed by atoms with E-state index in [-0.39, 0.29) is 11.9 Å². The van der Waals surface area contributed by atoms with Gasteiger partial charge in [0.2, 0.25) is 0 Å². The third kappa shape index (κ3) is 2.19. The molecule has 0 saturated carbocycles. The first kappa shape index (κ1) is 13.0. The fourth-order valence-electron chi connectivity index (χ4n) is 1.58. The van der Waals surface area contributed by atoms with E-state index in [0.717, 1.165) is 11.0 Å². The lowest BCUT2D eigenvalue weighted by Crippen LogP contribution is -2.45. The molecule has 5 heteroatoms. The van der Waals surface area contributed by atoms with Crippen LogP contribution < -0.4 is 0 Å². The Kier molecular flexibility index (Phi) is 3.02. The third-order valence-electron chi connectivity index (χ3n) is 3.12. The van der Waals surface area contributed by atoms with Crippen LogP contribution in [0, 0.1) is 0 Å². The number of nitrogens with zero attached hydrogens (tertiary/aromatic N) is 3. The molecule has 16 heavy (non-hydrogen) atoms. The number of quaternary nitrogens is 1. The third-order valence-corrected chi connectivity index (χ3v) is 3.12. The highest BCUT2D eigenvalue weighted by molar-refractivity contribution is 6.06. The minimum atomic E-state index is -0.706. The van der Waals surface area contributed by atoms with Crippen LogP contribution in [0.4, 0.5) is 4.79 Å². The second kappa shape index (κ2) is 3.73. The second-order valence-electron chi connectivity index (χ2n) is 5.87. The molecule has 0 N–H and O–H groups in total. The van der Waals surface area contributed by atoms with Gasteiger partial charge in [-0.05, 0) is 13.8 Å². The Labute approximate surface area is 97.2 Å². The number of amides is 3. The summed E-state index contributed by atoms with van der Waals surface area (Å²) in [5.41, 5.74) is -0.706. The summed E-state index contributed by atoms with van der Waals surface area (Å²) in [6, 6.07) is -0.191.